The van der Waals surface area contributed by atoms with Crippen LogP contribution in [0.1, 0.15) is 38.3 Å². The van der Waals surface area contributed by atoms with Crippen molar-refractivity contribution in [3.63, 3.8) is 0 Å². The third-order valence-electron chi connectivity index (χ3n) is 8.00. The van der Waals surface area contributed by atoms with E-state index in [2.05, 4.69) is 15.1 Å². The Morgan fingerprint density at radius 3 is 2.24 bits per heavy atom. The van der Waals surface area contributed by atoms with Gasteiger partial charge in [-0.25, -0.2) is 9.59 Å². The Morgan fingerprint density at radius 2 is 1.55 bits per heavy atom. The maximum atomic E-state index is 13.4. The molecule has 1 aliphatic heterocycles. The Bertz CT molecular complexity index is 1900. The first kappa shape index (κ1) is 24.1. The van der Waals surface area contributed by atoms with Gasteiger partial charge in [-0.15, -0.1) is 5.10 Å². The molecule has 0 radical (unpaired) electrons. The summed E-state index contributed by atoms with van der Waals surface area (Å²) >= 11 is 0. The van der Waals surface area contributed by atoms with Crippen molar-refractivity contribution in [2.75, 3.05) is 18.0 Å². The molecule has 4 heterocycles. The van der Waals surface area contributed by atoms with Crippen molar-refractivity contribution in [3.05, 3.63) is 73.4 Å². The molecule has 1 saturated heterocycles. The van der Waals surface area contributed by atoms with Crippen LogP contribution in [0, 0.1) is 6.92 Å². The second-order valence-electron chi connectivity index (χ2n) is 10.1. The maximum absolute atomic E-state index is 13.4. The number of piperidine rings is 1. The molecule has 0 atom stereocenters. The van der Waals surface area contributed by atoms with Crippen LogP contribution in [0.4, 0.5) is 5.82 Å². The Hall–Kier alpha value is -4.21. The van der Waals surface area contributed by atoms with E-state index in [0.717, 1.165) is 33.2 Å². The van der Waals surface area contributed by atoms with E-state index in [4.69, 9.17) is 0 Å². The van der Waals surface area contributed by atoms with Crippen molar-refractivity contribution in [2.45, 2.75) is 52.7 Å². The first-order valence-electron chi connectivity index (χ1n) is 13.2. The van der Waals surface area contributed by atoms with Crippen LogP contribution in [0.25, 0.3) is 32.7 Å². The average Bonchev–Trinajstić information content (AvgIpc) is 3.19. The summed E-state index contributed by atoms with van der Waals surface area (Å²) in [5, 5.41) is 11.2. The summed E-state index contributed by atoms with van der Waals surface area (Å²) in [4.78, 5) is 41.7. The minimum Gasteiger partial charge on any atom is -0.354 e. The van der Waals surface area contributed by atoms with E-state index in [9.17, 15) is 14.4 Å². The largest absolute Gasteiger partial charge is 0.354 e. The van der Waals surface area contributed by atoms with Gasteiger partial charge in [-0.05, 0) is 57.9 Å². The van der Waals surface area contributed by atoms with Crippen molar-refractivity contribution >= 4 is 38.5 Å². The van der Waals surface area contributed by atoms with Crippen molar-refractivity contribution in [1.82, 2.24) is 28.5 Å². The molecule has 10 nitrogen and oxygen atoms in total. The van der Waals surface area contributed by atoms with Crippen molar-refractivity contribution < 1.29 is 0 Å². The normalized spacial score (nSPS) is 14.8. The molecule has 1 aliphatic rings. The summed E-state index contributed by atoms with van der Waals surface area (Å²) in [6.45, 7) is 8.34. The summed E-state index contributed by atoms with van der Waals surface area (Å²) in [6.07, 6.45) is 3.01. The number of hydrogen-bond donors (Lipinski definition) is 0. The molecule has 0 spiro atoms. The van der Waals surface area contributed by atoms with Crippen LogP contribution in [0.2, 0.25) is 0 Å². The lowest BCUT2D eigenvalue weighted by Crippen LogP contribution is -2.45. The number of aryl methyl sites for hydroxylation is 4. The average molecular weight is 514 g/mol. The molecule has 196 valence electrons. The summed E-state index contributed by atoms with van der Waals surface area (Å²) in [5.41, 5.74) is 2.90. The third-order valence-corrected chi connectivity index (χ3v) is 8.00. The fourth-order valence-corrected chi connectivity index (χ4v) is 5.97. The van der Waals surface area contributed by atoms with Crippen LogP contribution >= 0.6 is 0 Å². The highest BCUT2D eigenvalue weighted by molar-refractivity contribution is 6.00. The first-order valence-corrected chi connectivity index (χ1v) is 13.2. The minimum atomic E-state index is -0.282. The predicted molar refractivity (Wildman–Crippen MR) is 149 cm³/mol. The summed E-state index contributed by atoms with van der Waals surface area (Å²) in [7, 11) is 1.72. The topological polar surface area (TPSA) is 100.0 Å². The molecule has 38 heavy (non-hydrogen) atoms. The van der Waals surface area contributed by atoms with Crippen LogP contribution < -0.4 is 21.8 Å². The quantitative estimate of drug-likeness (QED) is 0.366. The van der Waals surface area contributed by atoms with Gasteiger partial charge in [0, 0.05) is 50.0 Å². The van der Waals surface area contributed by atoms with E-state index < -0.39 is 0 Å². The minimum absolute atomic E-state index is 0.0128. The third kappa shape index (κ3) is 3.50. The molecular formula is C28H31N7O3. The summed E-state index contributed by atoms with van der Waals surface area (Å²) in [5.74, 6) is 0.761. The van der Waals surface area contributed by atoms with Gasteiger partial charge in [-0.2, -0.15) is 5.10 Å². The molecule has 0 saturated carbocycles. The molecule has 0 aliphatic carbocycles. The van der Waals surface area contributed by atoms with Gasteiger partial charge in [-0.1, -0.05) is 11.6 Å². The monoisotopic (exact) mass is 513 g/mol. The first-order chi connectivity index (χ1) is 18.3. The van der Waals surface area contributed by atoms with Gasteiger partial charge in [0.15, 0.2) is 5.82 Å². The molecule has 0 bridgehead atoms. The molecule has 0 N–H and O–H groups in total. The van der Waals surface area contributed by atoms with E-state index in [0.29, 0.717) is 49.9 Å². The van der Waals surface area contributed by atoms with E-state index in [-0.39, 0.29) is 23.0 Å². The number of imidazole rings is 1. The zero-order valence-corrected chi connectivity index (χ0v) is 22.1. The molecule has 0 unspecified atom stereocenters. The predicted octanol–water partition coefficient (Wildman–Crippen LogP) is 2.95. The van der Waals surface area contributed by atoms with Gasteiger partial charge in [0.2, 0.25) is 0 Å². The van der Waals surface area contributed by atoms with Gasteiger partial charge < -0.3 is 4.90 Å². The van der Waals surface area contributed by atoms with Crippen LogP contribution in [0.3, 0.4) is 0 Å². The van der Waals surface area contributed by atoms with Gasteiger partial charge in [-0.3, -0.25) is 23.1 Å². The number of benzene rings is 2. The number of anilines is 1. The molecule has 1 fully saturated rings. The number of aromatic nitrogens is 6. The number of hydrogen-bond acceptors (Lipinski definition) is 6. The van der Waals surface area contributed by atoms with E-state index in [1.807, 2.05) is 51.1 Å². The SMILES string of the molecule is CCn1c(=O)n(CC)c2cc3c(N4CCC(n5c(=O)c6cc(C)ccc6n(C)c5=O)CC4)nncc3cc21. The van der Waals surface area contributed by atoms with Gasteiger partial charge >= 0.3 is 11.4 Å². The van der Waals surface area contributed by atoms with E-state index >= 15 is 0 Å². The highest BCUT2D eigenvalue weighted by Gasteiger charge is 2.27. The van der Waals surface area contributed by atoms with Gasteiger partial charge in [0.25, 0.3) is 5.56 Å². The lowest BCUT2D eigenvalue weighted by molar-refractivity contribution is 0.370. The highest BCUT2D eigenvalue weighted by Crippen LogP contribution is 2.31. The molecule has 0 amide bonds. The lowest BCUT2D eigenvalue weighted by atomic mass is 10.0. The second-order valence-corrected chi connectivity index (χ2v) is 10.1. The van der Waals surface area contributed by atoms with Crippen LogP contribution in [0.5, 0.6) is 0 Å². The maximum Gasteiger partial charge on any atom is 0.331 e. The number of nitrogens with zero attached hydrogens (tertiary/aromatic N) is 7. The van der Waals surface area contributed by atoms with Crippen molar-refractivity contribution in [2.24, 2.45) is 7.05 Å². The summed E-state index contributed by atoms with van der Waals surface area (Å²) in [6, 6.07) is 9.48. The highest BCUT2D eigenvalue weighted by atomic mass is 16.2. The van der Waals surface area contributed by atoms with E-state index in [1.165, 1.54) is 4.57 Å². The molecule has 2 aromatic carbocycles. The fraction of sp³-hybridized carbons (Fsp3) is 0.393. The smallest absolute Gasteiger partial charge is 0.331 e. The van der Waals surface area contributed by atoms with Crippen molar-refractivity contribution in [3.8, 4) is 0 Å². The van der Waals surface area contributed by atoms with E-state index in [1.54, 1.807) is 26.9 Å². The van der Waals surface area contributed by atoms with Crippen LogP contribution in [-0.4, -0.2) is 41.6 Å². The van der Waals surface area contributed by atoms with Gasteiger partial charge in [0.05, 0.1) is 28.1 Å². The molecule has 10 heteroatoms. The second kappa shape index (κ2) is 8.97. The molecule has 5 aromatic rings. The number of rotatable bonds is 4. The van der Waals surface area contributed by atoms with Crippen LogP contribution in [0.15, 0.2) is 50.9 Å². The Kier molecular flexibility index (Phi) is 5.70. The molecule has 6 rings (SSSR count). The van der Waals surface area contributed by atoms with Crippen LogP contribution in [-0.2, 0) is 20.1 Å². The Labute approximate surface area is 218 Å². The zero-order chi connectivity index (χ0) is 26.7. The molecule has 3 aromatic heterocycles. The molecular weight excluding hydrogens is 482 g/mol. The lowest BCUT2D eigenvalue weighted by Gasteiger charge is -2.33. The standard InChI is InChI=1S/C28H31N7O3/c1-5-33-23-14-18-16-29-30-25(20(18)15-24(23)34(6-2)28(33)38)32-11-9-19(10-12-32)35-26(36)21-13-17(3)7-8-22(21)31(4)27(35)37/h7-8,13-16,19H,5-6,9-12H2,1-4H3. The fourth-order valence-electron chi connectivity index (χ4n) is 5.97. The van der Waals surface area contributed by atoms with Crippen molar-refractivity contribution in [1.29, 1.82) is 0 Å². The Morgan fingerprint density at radius 1 is 0.868 bits per heavy atom. The Balaban J connectivity index is 1.38. The summed E-state index contributed by atoms with van der Waals surface area (Å²) < 4.78 is 6.58. The number of fused-ring (bicyclic) bond motifs is 3. The van der Waals surface area contributed by atoms with Gasteiger partial charge in [0.1, 0.15) is 0 Å². The zero-order valence-electron chi connectivity index (χ0n) is 22.1.